The first-order valence-electron chi connectivity index (χ1n) is 10.6. The Labute approximate surface area is 186 Å². The molecule has 0 aromatic heterocycles. The number of carbonyl (C=O) groups is 2. The van der Waals surface area contributed by atoms with Crippen LogP contribution in [0.2, 0.25) is 0 Å². The molecule has 1 aliphatic heterocycles. The molecule has 0 saturated carbocycles. The van der Waals surface area contributed by atoms with Crippen molar-refractivity contribution in [2.24, 2.45) is 5.92 Å². The Morgan fingerprint density at radius 1 is 1.10 bits per heavy atom. The third-order valence-electron chi connectivity index (χ3n) is 4.84. The minimum Gasteiger partial charge on any atom is -0.307 e. The predicted octanol–water partition coefficient (Wildman–Crippen LogP) is 2.50. The second kappa shape index (κ2) is 12.0. The Morgan fingerprint density at radius 3 is 2.27 bits per heavy atom. The zero-order valence-electron chi connectivity index (χ0n) is 19.0. The molecule has 1 rings (SSSR count). The van der Waals surface area contributed by atoms with Crippen LogP contribution in [0.3, 0.4) is 0 Å². The quantitative estimate of drug-likeness (QED) is 0.288. The van der Waals surface area contributed by atoms with E-state index in [1.54, 1.807) is 13.8 Å². The van der Waals surface area contributed by atoms with Gasteiger partial charge in [-0.05, 0) is 31.4 Å². The van der Waals surface area contributed by atoms with E-state index in [1.165, 1.54) is 16.7 Å². The van der Waals surface area contributed by atoms with Crippen LogP contribution >= 0.6 is 19.1 Å². The van der Waals surface area contributed by atoms with Crippen LogP contribution in [0.1, 0.15) is 54.4 Å². The number of rotatable bonds is 14. The lowest BCUT2D eigenvalue weighted by Gasteiger charge is -2.23. The second-order valence-corrected chi connectivity index (χ2v) is 15.8. The van der Waals surface area contributed by atoms with E-state index in [0.717, 1.165) is 6.42 Å². The second-order valence-electron chi connectivity index (χ2n) is 8.68. The van der Waals surface area contributed by atoms with Gasteiger partial charge in [-0.1, -0.05) is 27.7 Å². The van der Waals surface area contributed by atoms with E-state index in [-0.39, 0.29) is 54.1 Å². The molecule has 0 aromatic rings. The smallest absolute Gasteiger partial charge is 0.242 e. The third kappa shape index (κ3) is 8.99. The van der Waals surface area contributed by atoms with Gasteiger partial charge in [0.15, 0.2) is 7.29 Å². The normalized spacial score (nSPS) is 20.0. The number of amides is 2. The number of nitrogens with zero attached hydrogens (tertiary/aromatic N) is 1. The molecule has 8 nitrogen and oxygen atoms in total. The summed E-state index contributed by atoms with van der Waals surface area (Å²) < 4.78 is 39.9. The Kier molecular flexibility index (Phi) is 11.0. The summed E-state index contributed by atoms with van der Waals surface area (Å²) in [6.45, 7) is 12.0. The Morgan fingerprint density at radius 2 is 1.73 bits per heavy atom. The standard InChI is InChI=1S/C19H38N3O5PS2/c1-14(2)7-8-20-28(25,11-9-21-30(26,27)16(5)6)12-10-22-18(23)13-17(19(22)24)29-15(3)4/h14-17,21H,7-13H2,1-6H3,(H,20,25). The molecule has 2 N–H and O–H groups in total. The summed E-state index contributed by atoms with van der Waals surface area (Å²) >= 11 is 1.47. The highest BCUT2D eigenvalue weighted by molar-refractivity contribution is 8.01. The van der Waals surface area contributed by atoms with Gasteiger partial charge in [-0.3, -0.25) is 19.6 Å². The maximum atomic E-state index is 13.5. The molecule has 176 valence electrons. The van der Waals surface area contributed by atoms with Crippen molar-refractivity contribution in [1.29, 1.82) is 0 Å². The van der Waals surface area contributed by atoms with Gasteiger partial charge in [0.05, 0.1) is 10.5 Å². The summed E-state index contributed by atoms with van der Waals surface area (Å²) in [5.74, 6) is -0.0127. The summed E-state index contributed by atoms with van der Waals surface area (Å²) in [5.41, 5.74) is 0. The van der Waals surface area contributed by atoms with Crippen molar-refractivity contribution in [2.75, 3.05) is 32.0 Å². The van der Waals surface area contributed by atoms with E-state index in [1.807, 2.05) is 13.8 Å². The number of likely N-dealkylation sites (tertiary alicyclic amines) is 1. The fraction of sp³-hybridized carbons (Fsp3) is 0.895. The molecule has 1 saturated heterocycles. The molecule has 0 aromatic carbocycles. The summed E-state index contributed by atoms with van der Waals surface area (Å²) in [6.07, 6.45) is 1.29. The summed E-state index contributed by atoms with van der Waals surface area (Å²) in [4.78, 5) is 26.1. The molecule has 1 heterocycles. The van der Waals surface area contributed by atoms with Crippen molar-refractivity contribution >= 4 is 40.9 Å². The summed E-state index contributed by atoms with van der Waals surface area (Å²) in [5, 5.41) is 2.41. The number of hydrogen-bond donors (Lipinski definition) is 2. The topological polar surface area (TPSA) is 113 Å². The molecular formula is C19H38N3O5PS2. The minimum absolute atomic E-state index is 0.0557. The Balaban J connectivity index is 2.76. The zero-order chi connectivity index (χ0) is 23.1. The number of imide groups is 1. The first kappa shape index (κ1) is 27.6. The van der Waals surface area contributed by atoms with Crippen LogP contribution in [0.4, 0.5) is 0 Å². The lowest BCUT2D eigenvalue weighted by atomic mass is 10.1. The minimum atomic E-state index is -3.44. The Bertz CT molecular complexity index is 740. The molecule has 2 atom stereocenters. The summed E-state index contributed by atoms with van der Waals surface area (Å²) in [6, 6.07) is 0. The average Bonchev–Trinajstić information content (AvgIpc) is 2.85. The van der Waals surface area contributed by atoms with Gasteiger partial charge in [0.2, 0.25) is 21.8 Å². The van der Waals surface area contributed by atoms with Crippen molar-refractivity contribution in [1.82, 2.24) is 14.7 Å². The highest BCUT2D eigenvalue weighted by Crippen LogP contribution is 2.41. The van der Waals surface area contributed by atoms with Crippen LogP contribution in [0.25, 0.3) is 0 Å². The molecule has 1 aliphatic rings. The van der Waals surface area contributed by atoms with Crippen LogP contribution in [0.5, 0.6) is 0 Å². The SMILES string of the molecule is CC(C)CCNP(=O)(CCNS(=O)(=O)C(C)C)CCN1C(=O)CC(SC(C)C)C1=O. The van der Waals surface area contributed by atoms with Gasteiger partial charge >= 0.3 is 0 Å². The van der Waals surface area contributed by atoms with E-state index in [0.29, 0.717) is 12.5 Å². The van der Waals surface area contributed by atoms with Crippen LogP contribution in [0, 0.1) is 5.92 Å². The molecular weight excluding hydrogens is 445 g/mol. The van der Waals surface area contributed by atoms with E-state index < -0.39 is 22.6 Å². The van der Waals surface area contributed by atoms with Crippen molar-refractivity contribution in [3.05, 3.63) is 0 Å². The maximum Gasteiger partial charge on any atom is 0.242 e. The predicted molar refractivity (Wildman–Crippen MR) is 125 cm³/mol. The highest BCUT2D eigenvalue weighted by Gasteiger charge is 2.40. The molecule has 30 heavy (non-hydrogen) atoms. The van der Waals surface area contributed by atoms with Crippen LogP contribution in [0.15, 0.2) is 0 Å². The van der Waals surface area contributed by atoms with Gasteiger partial charge in [0.25, 0.3) is 0 Å². The molecule has 0 radical (unpaired) electrons. The summed E-state index contributed by atoms with van der Waals surface area (Å²) in [7, 11) is -6.42. The first-order valence-corrected chi connectivity index (χ1v) is 15.2. The van der Waals surface area contributed by atoms with Gasteiger partial charge in [0, 0.05) is 38.4 Å². The fourth-order valence-corrected chi connectivity index (χ4v) is 7.03. The van der Waals surface area contributed by atoms with E-state index in [2.05, 4.69) is 23.7 Å². The van der Waals surface area contributed by atoms with Gasteiger partial charge in [0.1, 0.15) is 0 Å². The molecule has 0 bridgehead atoms. The number of hydrogen-bond acceptors (Lipinski definition) is 6. The average molecular weight is 484 g/mol. The Hall–Kier alpha value is -0.410. The molecule has 2 amide bonds. The van der Waals surface area contributed by atoms with E-state index in [9.17, 15) is 22.6 Å². The fourth-order valence-electron chi connectivity index (χ4n) is 2.95. The lowest BCUT2D eigenvalue weighted by Crippen LogP contribution is -2.37. The number of carbonyl (C=O) groups excluding carboxylic acids is 2. The van der Waals surface area contributed by atoms with E-state index >= 15 is 0 Å². The monoisotopic (exact) mass is 483 g/mol. The van der Waals surface area contributed by atoms with Crippen LogP contribution < -0.4 is 9.81 Å². The maximum absolute atomic E-state index is 13.5. The van der Waals surface area contributed by atoms with Crippen LogP contribution in [-0.2, 0) is 24.2 Å². The molecule has 0 aliphatic carbocycles. The van der Waals surface area contributed by atoms with Gasteiger partial charge in [-0.2, -0.15) is 0 Å². The highest BCUT2D eigenvalue weighted by atomic mass is 32.2. The first-order chi connectivity index (χ1) is 13.8. The van der Waals surface area contributed by atoms with Crippen molar-refractivity contribution in [2.45, 2.75) is 70.1 Å². The van der Waals surface area contributed by atoms with Crippen LogP contribution in [-0.4, -0.2) is 72.8 Å². The number of thioether (sulfide) groups is 1. The van der Waals surface area contributed by atoms with Gasteiger partial charge in [-0.25, -0.2) is 13.1 Å². The number of sulfonamides is 1. The van der Waals surface area contributed by atoms with Crippen molar-refractivity contribution < 1.29 is 22.6 Å². The number of nitrogens with one attached hydrogen (secondary N) is 2. The van der Waals surface area contributed by atoms with Gasteiger partial charge < -0.3 is 4.57 Å². The molecule has 1 fully saturated rings. The van der Waals surface area contributed by atoms with Crippen molar-refractivity contribution in [3.8, 4) is 0 Å². The largest absolute Gasteiger partial charge is 0.307 e. The lowest BCUT2D eigenvalue weighted by molar-refractivity contribution is -0.137. The molecule has 11 heteroatoms. The third-order valence-corrected chi connectivity index (χ3v) is 10.6. The molecule has 0 spiro atoms. The van der Waals surface area contributed by atoms with Gasteiger partial charge in [-0.15, -0.1) is 11.8 Å². The molecule has 2 unspecified atom stereocenters. The van der Waals surface area contributed by atoms with Crippen molar-refractivity contribution in [3.63, 3.8) is 0 Å². The zero-order valence-corrected chi connectivity index (χ0v) is 21.5. The van der Waals surface area contributed by atoms with E-state index in [4.69, 9.17) is 0 Å².